The van der Waals surface area contributed by atoms with Gasteiger partial charge in [0.1, 0.15) is 11.8 Å². The van der Waals surface area contributed by atoms with Crippen LogP contribution in [0.4, 0.5) is 5.69 Å². The Balaban J connectivity index is 2.20. The van der Waals surface area contributed by atoms with Crippen LogP contribution in [0.1, 0.15) is 31.0 Å². The molecule has 0 amide bonds. The van der Waals surface area contributed by atoms with Gasteiger partial charge in [0.15, 0.2) is 0 Å². The van der Waals surface area contributed by atoms with Gasteiger partial charge < -0.3 is 10.1 Å². The van der Waals surface area contributed by atoms with Crippen molar-refractivity contribution in [3.05, 3.63) is 58.6 Å². The van der Waals surface area contributed by atoms with Crippen LogP contribution in [-0.4, -0.2) is 6.61 Å². The summed E-state index contributed by atoms with van der Waals surface area (Å²) in [6, 6.07) is 15.4. The molecule has 108 valence electrons. The zero-order chi connectivity index (χ0) is 15.2. The van der Waals surface area contributed by atoms with Crippen LogP contribution >= 0.6 is 11.6 Å². The first kappa shape index (κ1) is 15.2. The van der Waals surface area contributed by atoms with E-state index in [2.05, 4.69) is 18.3 Å². The van der Waals surface area contributed by atoms with Crippen molar-refractivity contribution >= 4 is 17.3 Å². The summed E-state index contributed by atoms with van der Waals surface area (Å²) in [6.45, 7) is 4.66. The third-order valence-electron chi connectivity index (χ3n) is 3.16. The maximum absolute atomic E-state index is 8.89. The number of anilines is 1. The Morgan fingerprint density at radius 2 is 2.05 bits per heavy atom. The third kappa shape index (κ3) is 3.68. The lowest BCUT2D eigenvalue weighted by Gasteiger charge is -2.19. The van der Waals surface area contributed by atoms with Crippen molar-refractivity contribution in [2.45, 2.75) is 19.9 Å². The maximum Gasteiger partial charge on any atom is 0.124 e. The van der Waals surface area contributed by atoms with Crippen LogP contribution in [0.15, 0.2) is 42.5 Å². The SMILES string of the molecule is CCOc1ccccc1C(C)Nc1ccc(C#N)c(Cl)c1. The zero-order valence-electron chi connectivity index (χ0n) is 12.1. The van der Waals surface area contributed by atoms with Crippen LogP contribution in [0.3, 0.4) is 0 Å². The number of para-hydroxylation sites is 1. The fraction of sp³-hybridized carbons (Fsp3) is 0.235. The quantitative estimate of drug-likeness (QED) is 0.864. The van der Waals surface area contributed by atoms with Crippen molar-refractivity contribution in [2.75, 3.05) is 11.9 Å². The summed E-state index contributed by atoms with van der Waals surface area (Å²) < 4.78 is 5.65. The average molecular weight is 301 g/mol. The van der Waals surface area contributed by atoms with Crippen LogP contribution in [0.5, 0.6) is 5.75 Å². The predicted octanol–water partition coefficient (Wildman–Crippen LogP) is 4.78. The van der Waals surface area contributed by atoms with E-state index in [0.29, 0.717) is 17.2 Å². The molecule has 2 aromatic carbocycles. The minimum atomic E-state index is 0.0664. The lowest BCUT2D eigenvalue weighted by Crippen LogP contribution is -2.09. The summed E-state index contributed by atoms with van der Waals surface area (Å²) in [4.78, 5) is 0. The Labute approximate surface area is 130 Å². The Hall–Kier alpha value is -2.18. The standard InChI is InChI=1S/C17H17ClN2O/c1-3-21-17-7-5-4-6-15(17)12(2)20-14-9-8-13(11-19)16(18)10-14/h4-10,12,20H,3H2,1-2H3. The Kier molecular flexibility index (Phi) is 5.08. The second-order valence-corrected chi connectivity index (χ2v) is 5.05. The summed E-state index contributed by atoms with van der Waals surface area (Å²) >= 11 is 6.05. The van der Waals surface area contributed by atoms with E-state index in [1.54, 1.807) is 12.1 Å². The summed E-state index contributed by atoms with van der Waals surface area (Å²) in [5.74, 6) is 0.875. The fourth-order valence-electron chi connectivity index (χ4n) is 2.15. The second kappa shape index (κ2) is 7.01. The summed E-state index contributed by atoms with van der Waals surface area (Å²) in [6.07, 6.45) is 0. The predicted molar refractivity (Wildman–Crippen MR) is 85.8 cm³/mol. The van der Waals surface area contributed by atoms with Gasteiger partial charge in [0.25, 0.3) is 0 Å². The lowest BCUT2D eigenvalue weighted by atomic mass is 10.1. The molecular formula is C17H17ClN2O. The van der Waals surface area contributed by atoms with Crippen molar-refractivity contribution in [3.63, 3.8) is 0 Å². The molecule has 0 heterocycles. The van der Waals surface area contributed by atoms with Gasteiger partial charge in [-0.2, -0.15) is 5.26 Å². The van der Waals surface area contributed by atoms with E-state index < -0.39 is 0 Å². The number of halogens is 1. The topological polar surface area (TPSA) is 45.0 Å². The zero-order valence-corrected chi connectivity index (χ0v) is 12.8. The lowest BCUT2D eigenvalue weighted by molar-refractivity contribution is 0.335. The van der Waals surface area contributed by atoms with E-state index in [0.717, 1.165) is 17.0 Å². The highest BCUT2D eigenvalue weighted by Gasteiger charge is 2.11. The van der Waals surface area contributed by atoms with Gasteiger partial charge in [-0.15, -0.1) is 0 Å². The largest absolute Gasteiger partial charge is 0.494 e. The first-order valence-corrected chi connectivity index (χ1v) is 7.21. The minimum absolute atomic E-state index is 0.0664. The fourth-order valence-corrected chi connectivity index (χ4v) is 2.37. The van der Waals surface area contributed by atoms with Crippen molar-refractivity contribution in [1.29, 1.82) is 5.26 Å². The molecule has 0 aliphatic carbocycles. The molecule has 0 aliphatic rings. The van der Waals surface area contributed by atoms with Gasteiger partial charge in [0, 0.05) is 11.3 Å². The van der Waals surface area contributed by atoms with Crippen LogP contribution in [0, 0.1) is 11.3 Å². The molecule has 0 fully saturated rings. The molecule has 0 spiro atoms. The Bertz CT molecular complexity index is 664. The molecule has 0 saturated carbocycles. The highest BCUT2D eigenvalue weighted by Crippen LogP contribution is 2.29. The van der Waals surface area contributed by atoms with Crippen LogP contribution in [-0.2, 0) is 0 Å². The molecule has 0 aromatic heterocycles. The van der Waals surface area contributed by atoms with E-state index in [1.165, 1.54) is 0 Å². The Morgan fingerprint density at radius 3 is 2.71 bits per heavy atom. The molecule has 1 unspecified atom stereocenters. The van der Waals surface area contributed by atoms with Gasteiger partial charge in [-0.25, -0.2) is 0 Å². The van der Waals surface area contributed by atoms with E-state index in [1.807, 2.05) is 37.3 Å². The summed E-state index contributed by atoms with van der Waals surface area (Å²) in [5, 5.41) is 12.7. The van der Waals surface area contributed by atoms with Crippen LogP contribution in [0.2, 0.25) is 5.02 Å². The molecule has 1 atom stereocenters. The normalized spacial score (nSPS) is 11.5. The summed E-state index contributed by atoms with van der Waals surface area (Å²) in [7, 11) is 0. The number of rotatable bonds is 5. The number of hydrogen-bond donors (Lipinski definition) is 1. The first-order valence-electron chi connectivity index (χ1n) is 6.83. The third-order valence-corrected chi connectivity index (χ3v) is 3.47. The molecule has 0 saturated heterocycles. The first-order chi connectivity index (χ1) is 10.2. The number of ether oxygens (including phenoxy) is 1. The number of nitrogens with zero attached hydrogens (tertiary/aromatic N) is 1. The minimum Gasteiger partial charge on any atom is -0.494 e. The van der Waals surface area contributed by atoms with E-state index in [4.69, 9.17) is 21.6 Å². The number of benzene rings is 2. The molecule has 1 N–H and O–H groups in total. The monoisotopic (exact) mass is 300 g/mol. The highest BCUT2D eigenvalue weighted by atomic mass is 35.5. The molecule has 0 aliphatic heterocycles. The average Bonchev–Trinajstić information content (AvgIpc) is 2.48. The van der Waals surface area contributed by atoms with Gasteiger partial charge in [-0.05, 0) is 38.1 Å². The van der Waals surface area contributed by atoms with Gasteiger partial charge in [-0.1, -0.05) is 29.8 Å². The van der Waals surface area contributed by atoms with Crippen molar-refractivity contribution in [2.24, 2.45) is 0 Å². The smallest absolute Gasteiger partial charge is 0.124 e. The molecule has 4 heteroatoms. The number of nitrogens with one attached hydrogen (secondary N) is 1. The van der Waals surface area contributed by atoms with E-state index >= 15 is 0 Å². The van der Waals surface area contributed by atoms with Crippen molar-refractivity contribution in [1.82, 2.24) is 0 Å². The van der Waals surface area contributed by atoms with Crippen LogP contribution in [0.25, 0.3) is 0 Å². The molecule has 0 bridgehead atoms. The van der Waals surface area contributed by atoms with Gasteiger partial charge in [0.2, 0.25) is 0 Å². The van der Waals surface area contributed by atoms with Crippen molar-refractivity contribution < 1.29 is 4.74 Å². The van der Waals surface area contributed by atoms with Gasteiger partial charge in [0.05, 0.1) is 23.2 Å². The molecule has 3 nitrogen and oxygen atoms in total. The van der Waals surface area contributed by atoms with Crippen LogP contribution < -0.4 is 10.1 Å². The summed E-state index contributed by atoms with van der Waals surface area (Å²) in [5.41, 5.74) is 2.43. The van der Waals surface area contributed by atoms with E-state index in [-0.39, 0.29) is 6.04 Å². The maximum atomic E-state index is 8.89. The number of nitriles is 1. The Morgan fingerprint density at radius 1 is 1.29 bits per heavy atom. The molecular weight excluding hydrogens is 284 g/mol. The molecule has 0 radical (unpaired) electrons. The second-order valence-electron chi connectivity index (χ2n) is 4.64. The molecule has 2 rings (SSSR count). The molecule has 2 aromatic rings. The highest BCUT2D eigenvalue weighted by molar-refractivity contribution is 6.32. The number of hydrogen-bond acceptors (Lipinski definition) is 3. The van der Waals surface area contributed by atoms with Gasteiger partial charge in [-0.3, -0.25) is 0 Å². The molecule has 21 heavy (non-hydrogen) atoms. The van der Waals surface area contributed by atoms with Gasteiger partial charge >= 0.3 is 0 Å². The van der Waals surface area contributed by atoms with E-state index in [9.17, 15) is 0 Å². The van der Waals surface area contributed by atoms with Crippen molar-refractivity contribution in [3.8, 4) is 11.8 Å².